The molecule has 0 saturated heterocycles. The summed E-state index contributed by atoms with van der Waals surface area (Å²) in [5.74, 6) is 0. The number of hydrogen-bond donors (Lipinski definition) is 1. The zero-order valence-corrected chi connectivity index (χ0v) is 14.4. The topological polar surface area (TPSA) is 12.0 Å². The number of benzene rings is 2. The highest BCUT2D eigenvalue weighted by Gasteiger charge is 2.09. The quantitative estimate of drug-likeness (QED) is 0.753. The molecule has 0 fully saturated rings. The first-order chi connectivity index (χ1) is 9.88. The van der Waals surface area contributed by atoms with Crippen LogP contribution in [0.5, 0.6) is 0 Å². The Balaban J connectivity index is 2.34. The van der Waals surface area contributed by atoms with Crippen LogP contribution in [0.3, 0.4) is 0 Å². The maximum Gasteiger partial charge on any atom is 0.0487 e. The second-order valence-corrected chi connectivity index (χ2v) is 6.57. The average molecular weight is 322 g/mol. The number of rotatable bonds is 4. The van der Waals surface area contributed by atoms with Crippen LogP contribution in [0, 0.1) is 13.8 Å². The van der Waals surface area contributed by atoms with Gasteiger partial charge in [0.2, 0.25) is 0 Å². The Labute approximate surface area is 137 Å². The van der Waals surface area contributed by atoms with Crippen LogP contribution < -0.4 is 5.32 Å². The Morgan fingerprint density at radius 1 is 0.952 bits per heavy atom. The number of aryl methyl sites for hydroxylation is 2. The molecule has 0 aliphatic rings. The van der Waals surface area contributed by atoms with E-state index < -0.39 is 0 Å². The van der Waals surface area contributed by atoms with Crippen LogP contribution >= 0.6 is 23.2 Å². The first kappa shape index (κ1) is 16.4. The van der Waals surface area contributed by atoms with Gasteiger partial charge >= 0.3 is 0 Å². The Kier molecular flexibility index (Phi) is 5.32. The van der Waals surface area contributed by atoms with E-state index in [-0.39, 0.29) is 0 Å². The van der Waals surface area contributed by atoms with Crippen LogP contribution in [-0.4, -0.2) is 6.04 Å². The normalized spacial score (nSPS) is 11.2. The third-order valence-electron chi connectivity index (χ3n) is 3.65. The Bertz CT molecular complexity index is 648. The van der Waals surface area contributed by atoms with Crippen molar-refractivity contribution in [3.05, 3.63) is 57.1 Å². The summed E-state index contributed by atoms with van der Waals surface area (Å²) >= 11 is 12.8. The van der Waals surface area contributed by atoms with E-state index >= 15 is 0 Å². The first-order valence-electron chi connectivity index (χ1n) is 7.17. The van der Waals surface area contributed by atoms with Crippen molar-refractivity contribution in [2.24, 2.45) is 0 Å². The second-order valence-electron chi connectivity index (χ2n) is 5.76. The van der Waals surface area contributed by atoms with Gasteiger partial charge in [-0.05, 0) is 54.3 Å². The number of halogens is 2. The zero-order chi connectivity index (χ0) is 15.6. The van der Waals surface area contributed by atoms with Crippen molar-refractivity contribution in [1.82, 2.24) is 5.32 Å². The largest absolute Gasteiger partial charge is 0.310 e. The lowest BCUT2D eigenvalue weighted by molar-refractivity contribution is 0.589. The molecule has 0 heterocycles. The molecule has 0 aliphatic heterocycles. The van der Waals surface area contributed by atoms with Gasteiger partial charge in [-0.2, -0.15) is 0 Å². The third kappa shape index (κ3) is 4.00. The molecule has 2 aromatic rings. The molecule has 0 bridgehead atoms. The molecule has 0 radical (unpaired) electrons. The molecule has 0 spiro atoms. The lowest BCUT2D eigenvalue weighted by atomic mass is 9.99. The fourth-order valence-corrected chi connectivity index (χ4v) is 2.75. The van der Waals surface area contributed by atoms with Gasteiger partial charge in [0.15, 0.2) is 0 Å². The highest BCUT2D eigenvalue weighted by Crippen LogP contribution is 2.33. The monoisotopic (exact) mass is 321 g/mol. The smallest absolute Gasteiger partial charge is 0.0487 e. The SMILES string of the molecule is Cc1cc(Cl)c(-c2ccc(CNC(C)C)c(Cl)c2)cc1C. The molecule has 0 aliphatic carbocycles. The van der Waals surface area contributed by atoms with Crippen molar-refractivity contribution in [3.63, 3.8) is 0 Å². The fraction of sp³-hybridized carbons (Fsp3) is 0.333. The van der Waals surface area contributed by atoms with Crippen molar-refractivity contribution in [3.8, 4) is 11.1 Å². The molecular weight excluding hydrogens is 301 g/mol. The van der Waals surface area contributed by atoms with Gasteiger partial charge < -0.3 is 5.32 Å². The van der Waals surface area contributed by atoms with Crippen molar-refractivity contribution in [2.75, 3.05) is 0 Å². The van der Waals surface area contributed by atoms with Crippen LogP contribution in [0.25, 0.3) is 11.1 Å². The Morgan fingerprint density at radius 3 is 2.24 bits per heavy atom. The van der Waals surface area contributed by atoms with E-state index in [2.05, 4.69) is 51.2 Å². The van der Waals surface area contributed by atoms with E-state index in [1.165, 1.54) is 11.1 Å². The molecule has 21 heavy (non-hydrogen) atoms. The maximum atomic E-state index is 6.40. The lowest BCUT2D eigenvalue weighted by Crippen LogP contribution is -2.21. The molecule has 0 aromatic heterocycles. The molecule has 0 unspecified atom stereocenters. The molecule has 0 amide bonds. The van der Waals surface area contributed by atoms with Gasteiger partial charge in [0.25, 0.3) is 0 Å². The summed E-state index contributed by atoms with van der Waals surface area (Å²) in [7, 11) is 0. The summed E-state index contributed by atoms with van der Waals surface area (Å²) in [6.07, 6.45) is 0. The molecule has 0 saturated carbocycles. The van der Waals surface area contributed by atoms with E-state index in [0.29, 0.717) is 6.04 Å². The molecule has 2 rings (SSSR count). The minimum atomic E-state index is 0.440. The molecule has 2 aromatic carbocycles. The van der Waals surface area contributed by atoms with Gasteiger partial charge in [-0.15, -0.1) is 0 Å². The molecule has 1 N–H and O–H groups in total. The summed E-state index contributed by atoms with van der Waals surface area (Å²) in [5, 5.41) is 4.92. The van der Waals surface area contributed by atoms with E-state index in [1.54, 1.807) is 0 Å². The molecular formula is C18H21Cl2N. The van der Waals surface area contributed by atoms with Crippen molar-refractivity contribution >= 4 is 23.2 Å². The number of nitrogens with one attached hydrogen (secondary N) is 1. The summed E-state index contributed by atoms with van der Waals surface area (Å²) in [6.45, 7) is 9.18. The summed E-state index contributed by atoms with van der Waals surface area (Å²) < 4.78 is 0. The molecule has 112 valence electrons. The molecule has 3 heteroatoms. The van der Waals surface area contributed by atoms with E-state index in [9.17, 15) is 0 Å². The van der Waals surface area contributed by atoms with Gasteiger partial charge in [0, 0.05) is 28.2 Å². The van der Waals surface area contributed by atoms with Crippen molar-refractivity contribution < 1.29 is 0 Å². The van der Waals surface area contributed by atoms with E-state index in [4.69, 9.17) is 23.2 Å². The van der Waals surface area contributed by atoms with Crippen LogP contribution in [0.15, 0.2) is 30.3 Å². The Hall–Kier alpha value is -1.02. The average Bonchev–Trinajstić information content (AvgIpc) is 2.41. The second kappa shape index (κ2) is 6.83. The first-order valence-corrected chi connectivity index (χ1v) is 7.93. The summed E-state index contributed by atoms with van der Waals surface area (Å²) in [4.78, 5) is 0. The summed E-state index contributed by atoms with van der Waals surface area (Å²) in [6, 6.07) is 10.7. The maximum absolute atomic E-state index is 6.40. The molecule has 0 atom stereocenters. The van der Waals surface area contributed by atoms with Crippen LogP contribution in [0.2, 0.25) is 10.0 Å². The molecule has 1 nitrogen and oxygen atoms in total. The van der Waals surface area contributed by atoms with Gasteiger partial charge in [0.1, 0.15) is 0 Å². The van der Waals surface area contributed by atoms with Gasteiger partial charge in [-0.25, -0.2) is 0 Å². The predicted molar refractivity (Wildman–Crippen MR) is 93.3 cm³/mol. The minimum absolute atomic E-state index is 0.440. The van der Waals surface area contributed by atoms with Gasteiger partial charge in [-0.3, -0.25) is 0 Å². The summed E-state index contributed by atoms with van der Waals surface area (Å²) in [5.41, 5.74) is 5.63. The standard InChI is InChI=1S/C18H21Cl2N/c1-11(2)21-10-15-6-5-14(9-17(15)19)16-7-12(3)13(4)8-18(16)20/h5-9,11,21H,10H2,1-4H3. The van der Waals surface area contributed by atoms with Crippen molar-refractivity contribution in [1.29, 1.82) is 0 Å². The van der Waals surface area contributed by atoms with Crippen molar-refractivity contribution in [2.45, 2.75) is 40.3 Å². The van der Waals surface area contributed by atoms with Crippen LogP contribution in [0.4, 0.5) is 0 Å². The highest BCUT2D eigenvalue weighted by molar-refractivity contribution is 6.34. The Morgan fingerprint density at radius 2 is 1.62 bits per heavy atom. The van der Waals surface area contributed by atoms with Crippen LogP contribution in [0.1, 0.15) is 30.5 Å². The third-order valence-corrected chi connectivity index (χ3v) is 4.31. The highest BCUT2D eigenvalue weighted by atomic mass is 35.5. The lowest BCUT2D eigenvalue weighted by Gasteiger charge is -2.13. The van der Waals surface area contributed by atoms with Crippen LogP contribution in [-0.2, 0) is 6.54 Å². The minimum Gasteiger partial charge on any atom is -0.310 e. The number of hydrogen-bond acceptors (Lipinski definition) is 1. The van der Waals surface area contributed by atoms with Gasteiger partial charge in [-0.1, -0.05) is 49.2 Å². The predicted octanol–water partition coefficient (Wildman–Crippen LogP) is 5.78. The van der Waals surface area contributed by atoms with E-state index in [1.807, 2.05) is 12.1 Å². The zero-order valence-electron chi connectivity index (χ0n) is 12.9. The van der Waals surface area contributed by atoms with Gasteiger partial charge in [0.05, 0.1) is 0 Å². The fourth-order valence-electron chi connectivity index (χ4n) is 2.17. The van der Waals surface area contributed by atoms with E-state index in [0.717, 1.165) is 33.3 Å².